The fourth-order valence-corrected chi connectivity index (χ4v) is 5.04. The summed E-state index contributed by atoms with van der Waals surface area (Å²) in [5, 5.41) is 32.3. The third kappa shape index (κ3) is 4.40. The van der Waals surface area contributed by atoms with Gasteiger partial charge in [-0.25, -0.2) is 0 Å². The number of nitrogens with zero attached hydrogens (tertiary/aromatic N) is 3. The molecule has 160 valence electrons. The van der Waals surface area contributed by atoms with Crippen molar-refractivity contribution < 1.29 is 15.1 Å². The van der Waals surface area contributed by atoms with E-state index >= 15 is 0 Å². The van der Waals surface area contributed by atoms with E-state index in [9.17, 15) is 20.3 Å². The average molecular weight is 484 g/mol. The Morgan fingerprint density at radius 3 is 2.61 bits per heavy atom. The highest BCUT2D eigenvalue weighted by molar-refractivity contribution is 9.10. The van der Waals surface area contributed by atoms with E-state index in [0.717, 1.165) is 15.6 Å². The van der Waals surface area contributed by atoms with Crippen LogP contribution in [-0.4, -0.2) is 37.6 Å². The summed E-state index contributed by atoms with van der Waals surface area (Å²) in [4.78, 5) is 18.4. The Bertz CT molecular complexity index is 1080. The van der Waals surface area contributed by atoms with Crippen molar-refractivity contribution in [3.8, 4) is 11.5 Å². The van der Waals surface area contributed by atoms with Gasteiger partial charge in [0.15, 0.2) is 11.5 Å². The highest BCUT2D eigenvalue weighted by Gasteiger charge is 2.48. The molecule has 1 aromatic heterocycles. The molecule has 0 aliphatic carbocycles. The number of aromatic nitrogens is 1. The van der Waals surface area contributed by atoms with Crippen LogP contribution in [0.15, 0.2) is 71.5 Å². The molecule has 8 heteroatoms. The first-order valence-corrected chi connectivity index (χ1v) is 10.8. The first-order valence-electron chi connectivity index (χ1n) is 9.98. The molecule has 2 heterocycles. The van der Waals surface area contributed by atoms with E-state index in [4.69, 9.17) is 0 Å². The van der Waals surface area contributed by atoms with Crippen LogP contribution in [-0.2, 0) is 6.54 Å². The van der Waals surface area contributed by atoms with Crippen LogP contribution in [0.1, 0.15) is 35.1 Å². The number of pyridine rings is 1. The number of phenolic OH excluding ortho intramolecular Hbond substituents is 2. The zero-order valence-corrected chi connectivity index (χ0v) is 18.2. The lowest BCUT2D eigenvalue weighted by atomic mass is 9.78. The lowest BCUT2D eigenvalue weighted by Gasteiger charge is -2.41. The SMILES string of the molecule is O=[N+]([O-])[C@@H]1C(c2ccc(O)c(O)c2)N(Cc2cccnc2)CC[C@H]1c1ccccc1Br. The maximum Gasteiger partial charge on any atom is 0.239 e. The van der Waals surface area contributed by atoms with Gasteiger partial charge in [0.1, 0.15) is 6.04 Å². The van der Waals surface area contributed by atoms with Crippen LogP contribution >= 0.6 is 15.9 Å². The second-order valence-corrected chi connectivity index (χ2v) is 8.57. The lowest BCUT2D eigenvalue weighted by Crippen LogP contribution is -2.48. The van der Waals surface area contributed by atoms with Gasteiger partial charge >= 0.3 is 0 Å². The Kier molecular flexibility index (Phi) is 6.20. The fraction of sp³-hybridized carbons (Fsp3) is 0.261. The lowest BCUT2D eigenvalue weighted by molar-refractivity contribution is -0.540. The molecular formula is C23H22BrN3O4. The number of halogens is 1. The number of rotatable bonds is 5. The van der Waals surface area contributed by atoms with Gasteiger partial charge in [-0.1, -0.05) is 46.3 Å². The van der Waals surface area contributed by atoms with Crippen molar-refractivity contribution >= 4 is 15.9 Å². The van der Waals surface area contributed by atoms with E-state index in [1.54, 1.807) is 18.5 Å². The number of nitro groups is 1. The predicted octanol–water partition coefficient (Wildman–Crippen LogP) is 4.63. The molecule has 1 saturated heterocycles. The maximum atomic E-state index is 12.4. The van der Waals surface area contributed by atoms with Crippen molar-refractivity contribution in [1.29, 1.82) is 0 Å². The summed E-state index contributed by atoms with van der Waals surface area (Å²) in [5.41, 5.74) is 2.45. The van der Waals surface area contributed by atoms with E-state index in [0.29, 0.717) is 25.1 Å². The number of aromatic hydroxyl groups is 2. The molecule has 1 unspecified atom stereocenters. The summed E-state index contributed by atoms with van der Waals surface area (Å²) < 4.78 is 0.847. The van der Waals surface area contributed by atoms with Crippen LogP contribution in [0.5, 0.6) is 11.5 Å². The van der Waals surface area contributed by atoms with Crippen molar-refractivity contribution in [2.24, 2.45) is 0 Å². The molecule has 7 nitrogen and oxygen atoms in total. The van der Waals surface area contributed by atoms with E-state index in [2.05, 4.69) is 25.8 Å². The molecule has 1 aliphatic heterocycles. The Labute approximate surface area is 188 Å². The molecule has 0 amide bonds. The largest absolute Gasteiger partial charge is 0.504 e. The summed E-state index contributed by atoms with van der Waals surface area (Å²) in [6.45, 7) is 1.13. The Hall–Kier alpha value is -2.97. The van der Waals surface area contributed by atoms with Crippen LogP contribution in [0.25, 0.3) is 0 Å². The van der Waals surface area contributed by atoms with Gasteiger partial charge in [-0.2, -0.15) is 0 Å². The molecule has 0 spiro atoms. The summed E-state index contributed by atoms with van der Waals surface area (Å²) >= 11 is 3.56. The Morgan fingerprint density at radius 2 is 1.94 bits per heavy atom. The Morgan fingerprint density at radius 1 is 1.13 bits per heavy atom. The first-order chi connectivity index (χ1) is 15.0. The minimum absolute atomic E-state index is 0.214. The number of piperidine rings is 1. The molecular weight excluding hydrogens is 462 g/mol. The van der Waals surface area contributed by atoms with E-state index in [1.165, 1.54) is 12.1 Å². The zero-order valence-electron chi connectivity index (χ0n) is 16.6. The topological polar surface area (TPSA) is 99.7 Å². The second kappa shape index (κ2) is 9.03. The number of phenols is 2. The predicted molar refractivity (Wildman–Crippen MR) is 119 cm³/mol. The zero-order chi connectivity index (χ0) is 22.0. The first kappa shape index (κ1) is 21.3. The molecule has 0 radical (unpaired) electrons. The quantitative estimate of drug-likeness (QED) is 0.311. The molecule has 3 atom stereocenters. The Balaban J connectivity index is 1.80. The van der Waals surface area contributed by atoms with E-state index in [-0.39, 0.29) is 22.3 Å². The minimum atomic E-state index is -0.937. The van der Waals surface area contributed by atoms with Crippen molar-refractivity contribution in [1.82, 2.24) is 9.88 Å². The number of hydrogen-bond donors (Lipinski definition) is 2. The minimum Gasteiger partial charge on any atom is -0.504 e. The monoisotopic (exact) mass is 483 g/mol. The number of hydrogen-bond acceptors (Lipinski definition) is 6. The normalized spacial score (nSPS) is 21.6. The van der Waals surface area contributed by atoms with Crippen molar-refractivity contribution in [3.05, 3.63) is 98.3 Å². The van der Waals surface area contributed by atoms with Gasteiger partial charge in [0.25, 0.3) is 0 Å². The van der Waals surface area contributed by atoms with Crippen LogP contribution in [0, 0.1) is 10.1 Å². The van der Waals surface area contributed by atoms with Gasteiger partial charge in [-0.3, -0.25) is 20.0 Å². The molecule has 3 aromatic rings. The molecule has 1 aliphatic rings. The van der Waals surface area contributed by atoms with Gasteiger partial charge in [-0.15, -0.1) is 0 Å². The third-order valence-electron chi connectivity index (χ3n) is 5.85. The van der Waals surface area contributed by atoms with Crippen molar-refractivity contribution in [2.45, 2.75) is 31.0 Å². The molecule has 0 saturated carbocycles. The third-order valence-corrected chi connectivity index (χ3v) is 6.58. The van der Waals surface area contributed by atoms with Gasteiger partial charge in [0.2, 0.25) is 6.04 Å². The molecule has 31 heavy (non-hydrogen) atoms. The summed E-state index contributed by atoms with van der Waals surface area (Å²) in [7, 11) is 0. The highest BCUT2D eigenvalue weighted by atomic mass is 79.9. The van der Waals surface area contributed by atoms with Crippen molar-refractivity contribution in [2.75, 3.05) is 6.54 Å². The van der Waals surface area contributed by atoms with Crippen molar-refractivity contribution in [3.63, 3.8) is 0 Å². The molecule has 2 N–H and O–H groups in total. The van der Waals surface area contributed by atoms with Gasteiger partial charge in [0, 0.05) is 34.9 Å². The van der Waals surface area contributed by atoms with Crippen LogP contribution < -0.4 is 0 Å². The summed E-state index contributed by atoms with van der Waals surface area (Å²) in [6.07, 6.45) is 4.07. The highest BCUT2D eigenvalue weighted by Crippen LogP contribution is 2.44. The summed E-state index contributed by atoms with van der Waals surface area (Å²) in [5.74, 6) is -0.848. The fourth-order valence-electron chi connectivity index (χ4n) is 4.46. The van der Waals surface area contributed by atoms with E-state index < -0.39 is 12.1 Å². The van der Waals surface area contributed by atoms with Crippen LogP contribution in [0.3, 0.4) is 0 Å². The molecule has 4 rings (SSSR count). The molecule has 0 bridgehead atoms. The second-order valence-electron chi connectivity index (χ2n) is 7.72. The average Bonchev–Trinajstić information content (AvgIpc) is 2.76. The summed E-state index contributed by atoms with van der Waals surface area (Å²) in [6, 6.07) is 14.3. The number of benzene rings is 2. The standard InChI is InChI=1S/C23H22BrN3O4/c24-19-6-2-1-5-17(19)18-9-11-26(14-15-4-3-10-25-13-15)22(23(18)27(30)31)16-7-8-20(28)21(29)12-16/h1-8,10,12-13,18,22-23,28-29H,9,11,14H2/t18-,22?,23-/m0/s1. The molecule has 2 aromatic carbocycles. The van der Waals surface area contributed by atoms with Gasteiger partial charge in [0.05, 0.1) is 5.92 Å². The van der Waals surface area contributed by atoms with Gasteiger partial charge in [-0.05, 0) is 47.4 Å². The van der Waals surface area contributed by atoms with Gasteiger partial charge < -0.3 is 10.2 Å². The molecule has 1 fully saturated rings. The maximum absolute atomic E-state index is 12.4. The smallest absolute Gasteiger partial charge is 0.239 e. The van der Waals surface area contributed by atoms with Crippen LogP contribution in [0.4, 0.5) is 0 Å². The van der Waals surface area contributed by atoms with Crippen LogP contribution in [0.2, 0.25) is 0 Å². The number of likely N-dealkylation sites (tertiary alicyclic amines) is 1. The van der Waals surface area contributed by atoms with E-state index in [1.807, 2.05) is 36.4 Å².